The lowest BCUT2D eigenvalue weighted by Crippen LogP contribution is -2.42. The van der Waals surface area contributed by atoms with Crippen molar-refractivity contribution in [3.8, 4) is 0 Å². The Morgan fingerprint density at radius 1 is 1.25 bits per heavy atom. The highest BCUT2D eigenvalue weighted by Gasteiger charge is 2.07. The van der Waals surface area contributed by atoms with Crippen LogP contribution in [0.3, 0.4) is 0 Å². The SMILES string of the molecule is CCC(CC)NC(=O)NCCc1cccc(C(=O)O)c1. The average Bonchev–Trinajstić information content (AvgIpc) is 2.45. The first-order valence-corrected chi connectivity index (χ1v) is 6.93. The number of hydrogen-bond acceptors (Lipinski definition) is 2. The molecule has 5 heteroatoms. The summed E-state index contributed by atoms with van der Waals surface area (Å²) in [5, 5.41) is 14.6. The van der Waals surface area contributed by atoms with Gasteiger partial charge in [-0.2, -0.15) is 0 Å². The fourth-order valence-corrected chi connectivity index (χ4v) is 1.91. The van der Waals surface area contributed by atoms with Crippen LogP contribution in [0.25, 0.3) is 0 Å². The predicted octanol–water partition coefficient (Wildman–Crippen LogP) is 2.42. The van der Waals surface area contributed by atoms with E-state index in [0.717, 1.165) is 18.4 Å². The molecule has 0 saturated carbocycles. The summed E-state index contributed by atoms with van der Waals surface area (Å²) in [5.74, 6) is -0.939. The van der Waals surface area contributed by atoms with E-state index in [4.69, 9.17) is 5.11 Å². The summed E-state index contributed by atoms with van der Waals surface area (Å²) in [6, 6.07) is 6.77. The molecule has 1 aromatic rings. The van der Waals surface area contributed by atoms with E-state index in [1.54, 1.807) is 18.2 Å². The number of aromatic carboxylic acids is 1. The van der Waals surface area contributed by atoms with E-state index in [1.165, 1.54) is 0 Å². The van der Waals surface area contributed by atoms with Crippen LogP contribution in [0.15, 0.2) is 24.3 Å². The fraction of sp³-hybridized carbons (Fsp3) is 0.467. The number of urea groups is 1. The second-order valence-corrected chi connectivity index (χ2v) is 4.67. The van der Waals surface area contributed by atoms with Crippen LogP contribution in [0.4, 0.5) is 4.79 Å². The second-order valence-electron chi connectivity index (χ2n) is 4.67. The summed E-state index contributed by atoms with van der Waals surface area (Å²) in [6.07, 6.45) is 2.42. The van der Waals surface area contributed by atoms with Crippen LogP contribution in [0, 0.1) is 0 Å². The molecule has 0 saturated heterocycles. The Bertz CT molecular complexity index is 456. The molecule has 0 unspecified atom stereocenters. The van der Waals surface area contributed by atoms with Crippen LogP contribution >= 0.6 is 0 Å². The van der Waals surface area contributed by atoms with E-state index in [0.29, 0.717) is 13.0 Å². The maximum atomic E-state index is 11.6. The van der Waals surface area contributed by atoms with Crippen molar-refractivity contribution >= 4 is 12.0 Å². The highest BCUT2D eigenvalue weighted by atomic mass is 16.4. The molecular weight excluding hydrogens is 256 g/mol. The standard InChI is InChI=1S/C15H22N2O3/c1-3-13(4-2)17-15(20)16-9-8-11-6-5-7-12(10-11)14(18)19/h5-7,10,13H,3-4,8-9H2,1-2H3,(H,18,19)(H2,16,17,20). The maximum absolute atomic E-state index is 11.6. The van der Waals surface area contributed by atoms with Gasteiger partial charge >= 0.3 is 12.0 Å². The van der Waals surface area contributed by atoms with Gasteiger partial charge < -0.3 is 15.7 Å². The fourth-order valence-electron chi connectivity index (χ4n) is 1.91. The zero-order valence-electron chi connectivity index (χ0n) is 12.0. The topological polar surface area (TPSA) is 78.4 Å². The largest absolute Gasteiger partial charge is 0.478 e. The van der Waals surface area contributed by atoms with Gasteiger partial charge in [-0.1, -0.05) is 26.0 Å². The highest BCUT2D eigenvalue weighted by Crippen LogP contribution is 2.05. The Morgan fingerprint density at radius 2 is 1.95 bits per heavy atom. The molecule has 0 aromatic heterocycles. The summed E-state index contributed by atoms with van der Waals surface area (Å²) in [4.78, 5) is 22.5. The molecule has 1 aromatic carbocycles. The van der Waals surface area contributed by atoms with E-state index in [1.807, 2.05) is 19.9 Å². The molecule has 1 rings (SSSR count). The predicted molar refractivity (Wildman–Crippen MR) is 78.0 cm³/mol. The molecule has 0 radical (unpaired) electrons. The molecule has 0 fully saturated rings. The summed E-state index contributed by atoms with van der Waals surface area (Å²) in [5.41, 5.74) is 1.16. The Labute approximate surface area is 119 Å². The van der Waals surface area contributed by atoms with E-state index in [-0.39, 0.29) is 17.6 Å². The number of carboxylic acid groups (broad SMARTS) is 1. The lowest BCUT2D eigenvalue weighted by molar-refractivity contribution is 0.0696. The van der Waals surface area contributed by atoms with Gasteiger partial charge in [-0.15, -0.1) is 0 Å². The molecule has 0 atom stereocenters. The normalized spacial score (nSPS) is 10.3. The molecule has 0 spiro atoms. The van der Waals surface area contributed by atoms with Crippen molar-refractivity contribution in [2.24, 2.45) is 0 Å². The van der Waals surface area contributed by atoms with Crippen LogP contribution in [0.5, 0.6) is 0 Å². The van der Waals surface area contributed by atoms with Gasteiger partial charge in [-0.25, -0.2) is 9.59 Å². The number of rotatable bonds is 7. The highest BCUT2D eigenvalue weighted by molar-refractivity contribution is 5.87. The minimum absolute atomic E-state index is 0.173. The Balaban J connectivity index is 2.39. The molecular formula is C15H22N2O3. The van der Waals surface area contributed by atoms with Crippen LogP contribution < -0.4 is 10.6 Å². The first kappa shape index (κ1) is 16.0. The Hall–Kier alpha value is -2.04. The third kappa shape index (κ3) is 5.30. The number of carbonyl (C=O) groups is 2. The Kier molecular flexibility index (Phi) is 6.56. The van der Waals surface area contributed by atoms with E-state index in [9.17, 15) is 9.59 Å². The molecule has 5 nitrogen and oxygen atoms in total. The van der Waals surface area contributed by atoms with E-state index < -0.39 is 5.97 Å². The van der Waals surface area contributed by atoms with Crippen LogP contribution in [-0.4, -0.2) is 29.7 Å². The molecule has 0 aliphatic carbocycles. The summed E-state index contributed by atoms with van der Waals surface area (Å²) < 4.78 is 0. The van der Waals surface area contributed by atoms with Crippen LogP contribution in [0.2, 0.25) is 0 Å². The molecule has 0 heterocycles. The molecule has 2 amide bonds. The van der Waals surface area contributed by atoms with Crippen LogP contribution in [0.1, 0.15) is 42.6 Å². The molecule has 20 heavy (non-hydrogen) atoms. The van der Waals surface area contributed by atoms with Gasteiger partial charge in [-0.3, -0.25) is 0 Å². The summed E-state index contributed by atoms with van der Waals surface area (Å²) in [6.45, 7) is 4.55. The van der Waals surface area contributed by atoms with Gasteiger partial charge in [0.1, 0.15) is 0 Å². The monoisotopic (exact) mass is 278 g/mol. The van der Waals surface area contributed by atoms with Crippen LogP contribution in [-0.2, 0) is 6.42 Å². The number of hydrogen-bond donors (Lipinski definition) is 3. The van der Waals surface area contributed by atoms with Gasteiger partial charge in [-0.05, 0) is 37.0 Å². The van der Waals surface area contributed by atoms with Gasteiger partial charge in [0.15, 0.2) is 0 Å². The number of nitrogens with one attached hydrogen (secondary N) is 2. The number of carboxylic acids is 1. The minimum Gasteiger partial charge on any atom is -0.478 e. The summed E-state index contributed by atoms with van der Waals surface area (Å²) in [7, 11) is 0. The van der Waals surface area contributed by atoms with Gasteiger partial charge in [0, 0.05) is 12.6 Å². The van der Waals surface area contributed by atoms with E-state index >= 15 is 0 Å². The number of benzene rings is 1. The molecule has 3 N–H and O–H groups in total. The van der Waals surface area contributed by atoms with Crippen molar-refractivity contribution in [1.29, 1.82) is 0 Å². The first-order valence-electron chi connectivity index (χ1n) is 6.93. The zero-order valence-corrected chi connectivity index (χ0v) is 12.0. The second kappa shape index (κ2) is 8.19. The molecule has 110 valence electrons. The molecule has 0 aliphatic heterocycles. The Morgan fingerprint density at radius 3 is 2.55 bits per heavy atom. The van der Waals surface area contributed by atoms with Gasteiger partial charge in [0.05, 0.1) is 5.56 Å². The van der Waals surface area contributed by atoms with Crippen molar-refractivity contribution in [2.75, 3.05) is 6.54 Å². The summed E-state index contributed by atoms with van der Waals surface area (Å²) >= 11 is 0. The smallest absolute Gasteiger partial charge is 0.335 e. The van der Waals surface area contributed by atoms with Crippen molar-refractivity contribution in [2.45, 2.75) is 39.2 Å². The number of carbonyl (C=O) groups excluding carboxylic acids is 1. The number of amides is 2. The zero-order chi connectivity index (χ0) is 15.0. The van der Waals surface area contributed by atoms with Crippen molar-refractivity contribution in [3.05, 3.63) is 35.4 Å². The first-order chi connectivity index (χ1) is 9.56. The molecule has 0 aliphatic rings. The van der Waals surface area contributed by atoms with Gasteiger partial charge in [0.25, 0.3) is 0 Å². The van der Waals surface area contributed by atoms with E-state index in [2.05, 4.69) is 10.6 Å². The molecule has 0 bridgehead atoms. The maximum Gasteiger partial charge on any atom is 0.335 e. The average molecular weight is 278 g/mol. The lowest BCUT2D eigenvalue weighted by Gasteiger charge is -2.15. The van der Waals surface area contributed by atoms with Gasteiger partial charge in [0.2, 0.25) is 0 Å². The van der Waals surface area contributed by atoms with Crippen molar-refractivity contribution in [1.82, 2.24) is 10.6 Å². The third-order valence-corrected chi connectivity index (χ3v) is 3.19. The quantitative estimate of drug-likeness (QED) is 0.716. The third-order valence-electron chi connectivity index (χ3n) is 3.19. The lowest BCUT2D eigenvalue weighted by atomic mass is 10.1. The van der Waals surface area contributed by atoms with Crippen molar-refractivity contribution in [3.63, 3.8) is 0 Å². The van der Waals surface area contributed by atoms with Crippen molar-refractivity contribution < 1.29 is 14.7 Å². The minimum atomic E-state index is -0.939.